The molecule has 0 atom stereocenters. The first-order valence-corrected chi connectivity index (χ1v) is 9.12. The third kappa shape index (κ3) is 3.32. The van der Waals surface area contributed by atoms with E-state index < -0.39 is 0 Å². The summed E-state index contributed by atoms with van der Waals surface area (Å²) in [5, 5.41) is 0. The minimum atomic E-state index is 0.238. The first kappa shape index (κ1) is 17.3. The number of hydrogen-bond donors (Lipinski definition) is 0. The van der Waals surface area contributed by atoms with Crippen LogP contribution < -0.4 is 4.74 Å². The second kappa shape index (κ2) is 7.26. The highest BCUT2D eigenvalue weighted by molar-refractivity contribution is 5.78. The lowest BCUT2D eigenvalue weighted by molar-refractivity contribution is -0.127. The van der Waals surface area contributed by atoms with Crippen molar-refractivity contribution < 1.29 is 9.53 Å². The summed E-state index contributed by atoms with van der Waals surface area (Å²) in [5.41, 5.74) is 2.78. The molecular weight excluding hydrogens is 342 g/mol. The molecule has 0 aliphatic carbocycles. The van der Waals surface area contributed by atoms with E-state index in [9.17, 15) is 4.79 Å². The van der Waals surface area contributed by atoms with Crippen molar-refractivity contribution in [1.82, 2.24) is 24.0 Å². The van der Waals surface area contributed by atoms with Gasteiger partial charge in [-0.1, -0.05) is 12.1 Å². The SMILES string of the molecule is COc1cccc(-c2ncn(CCN3CCCC3=O)c2-c2nccn2C)c1. The Kier molecular flexibility index (Phi) is 4.66. The van der Waals surface area contributed by atoms with E-state index in [1.807, 2.05) is 53.3 Å². The number of benzene rings is 1. The van der Waals surface area contributed by atoms with E-state index in [2.05, 4.69) is 14.5 Å². The van der Waals surface area contributed by atoms with Crippen LogP contribution in [0.2, 0.25) is 0 Å². The van der Waals surface area contributed by atoms with Crippen LogP contribution in [0.3, 0.4) is 0 Å². The molecule has 1 aromatic carbocycles. The number of imidazole rings is 2. The van der Waals surface area contributed by atoms with Gasteiger partial charge in [-0.25, -0.2) is 9.97 Å². The molecule has 140 valence electrons. The molecule has 7 nitrogen and oxygen atoms in total. The van der Waals surface area contributed by atoms with Crippen LogP contribution in [0.15, 0.2) is 43.0 Å². The van der Waals surface area contributed by atoms with E-state index in [0.717, 1.165) is 41.5 Å². The highest BCUT2D eigenvalue weighted by Gasteiger charge is 2.22. The minimum absolute atomic E-state index is 0.238. The Bertz CT molecular complexity index is 959. The number of carbonyl (C=O) groups excluding carboxylic acids is 1. The van der Waals surface area contributed by atoms with Crippen LogP contribution in [0.4, 0.5) is 0 Å². The zero-order valence-corrected chi connectivity index (χ0v) is 15.6. The van der Waals surface area contributed by atoms with Gasteiger partial charge in [0, 0.05) is 51.1 Å². The second-order valence-electron chi connectivity index (χ2n) is 6.71. The van der Waals surface area contributed by atoms with Gasteiger partial charge in [0.1, 0.15) is 11.4 Å². The number of ether oxygens (including phenoxy) is 1. The Morgan fingerprint density at radius 1 is 1.22 bits per heavy atom. The molecule has 1 amide bonds. The van der Waals surface area contributed by atoms with Crippen molar-refractivity contribution in [2.24, 2.45) is 7.05 Å². The number of rotatable bonds is 6. The largest absolute Gasteiger partial charge is 0.497 e. The molecule has 7 heteroatoms. The molecule has 0 N–H and O–H groups in total. The molecule has 1 aliphatic rings. The molecule has 3 heterocycles. The lowest BCUT2D eigenvalue weighted by atomic mass is 10.1. The van der Waals surface area contributed by atoms with Crippen LogP contribution in [0, 0.1) is 0 Å². The molecule has 27 heavy (non-hydrogen) atoms. The lowest BCUT2D eigenvalue weighted by Gasteiger charge is -2.17. The Balaban J connectivity index is 1.72. The van der Waals surface area contributed by atoms with Crippen LogP contribution in [0.5, 0.6) is 5.75 Å². The quantitative estimate of drug-likeness (QED) is 0.673. The van der Waals surface area contributed by atoms with Gasteiger partial charge in [0.05, 0.1) is 19.1 Å². The number of carbonyl (C=O) groups is 1. The maximum atomic E-state index is 11.9. The fourth-order valence-corrected chi connectivity index (χ4v) is 3.53. The molecule has 0 saturated carbocycles. The van der Waals surface area contributed by atoms with Crippen molar-refractivity contribution in [2.75, 3.05) is 20.2 Å². The summed E-state index contributed by atoms with van der Waals surface area (Å²) in [5.74, 6) is 1.87. The van der Waals surface area contributed by atoms with Crippen LogP contribution >= 0.6 is 0 Å². The maximum Gasteiger partial charge on any atom is 0.222 e. The summed E-state index contributed by atoms with van der Waals surface area (Å²) in [6, 6.07) is 7.87. The van der Waals surface area contributed by atoms with Crippen molar-refractivity contribution in [1.29, 1.82) is 0 Å². The zero-order valence-electron chi connectivity index (χ0n) is 15.6. The van der Waals surface area contributed by atoms with Gasteiger partial charge in [-0.2, -0.15) is 0 Å². The summed E-state index contributed by atoms with van der Waals surface area (Å²) < 4.78 is 9.44. The van der Waals surface area contributed by atoms with E-state index in [-0.39, 0.29) is 5.91 Å². The van der Waals surface area contributed by atoms with Gasteiger partial charge in [0.25, 0.3) is 0 Å². The van der Waals surface area contributed by atoms with Crippen molar-refractivity contribution in [3.8, 4) is 28.5 Å². The summed E-state index contributed by atoms with van der Waals surface area (Å²) in [6.07, 6.45) is 7.15. The molecule has 0 unspecified atom stereocenters. The third-order valence-corrected chi connectivity index (χ3v) is 5.00. The van der Waals surface area contributed by atoms with E-state index in [1.54, 1.807) is 13.3 Å². The van der Waals surface area contributed by atoms with Crippen molar-refractivity contribution in [3.05, 3.63) is 43.0 Å². The lowest BCUT2D eigenvalue weighted by Crippen LogP contribution is -2.28. The van der Waals surface area contributed by atoms with E-state index >= 15 is 0 Å². The number of methoxy groups -OCH3 is 1. The van der Waals surface area contributed by atoms with E-state index in [0.29, 0.717) is 19.5 Å². The molecule has 0 radical (unpaired) electrons. The summed E-state index contributed by atoms with van der Waals surface area (Å²) in [7, 11) is 3.63. The zero-order chi connectivity index (χ0) is 18.8. The average molecular weight is 365 g/mol. The van der Waals surface area contributed by atoms with Crippen LogP contribution in [-0.4, -0.2) is 50.1 Å². The summed E-state index contributed by atoms with van der Waals surface area (Å²) in [4.78, 5) is 23.1. The number of likely N-dealkylation sites (tertiary alicyclic amines) is 1. The first-order chi connectivity index (χ1) is 13.2. The molecule has 0 bridgehead atoms. The van der Waals surface area contributed by atoms with Gasteiger partial charge in [-0.3, -0.25) is 4.79 Å². The fourth-order valence-electron chi connectivity index (χ4n) is 3.53. The molecular formula is C20H23N5O2. The van der Waals surface area contributed by atoms with Gasteiger partial charge in [0.2, 0.25) is 5.91 Å². The summed E-state index contributed by atoms with van der Waals surface area (Å²) >= 11 is 0. The van der Waals surface area contributed by atoms with Crippen LogP contribution in [0.25, 0.3) is 22.8 Å². The number of aryl methyl sites for hydroxylation is 1. The van der Waals surface area contributed by atoms with Crippen molar-refractivity contribution >= 4 is 5.91 Å². The topological polar surface area (TPSA) is 65.2 Å². The van der Waals surface area contributed by atoms with Gasteiger partial charge in [0.15, 0.2) is 5.82 Å². The molecule has 2 aromatic heterocycles. The predicted octanol–water partition coefficient (Wildman–Crippen LogP) is 2.58. The minimum Gasteiger partial charge on any atom is -0.497 e. The number of aromatic nitrogens is 4. The van der Waals surface area contributed by atoms with Gasteiger partial charge in [-0.05, 0) is 18.6 Å². The summed E-state index contributed by atoms with van der Waals surface area (Å²) in [6.45, 7) is 2.21. The van der Waals surface area contributed by atoms with E-state index in [4.69, 9.17) is 4.74 Å². The van der Waals surface area contributed by atoms with Crippen LogP contribution in [0.1, 0.15) is 12.8 Å². The van der Waals surface area contributed by atoms with Gasteiger partial charge >= 0.3 is 0 Å². The predicted molar refractivity (Wildman–Crippen MR) is 102 cm³/mol. The molecule has 1 fully saturated rings. The number of amides is 1. The smallest absolute Gasteiger partial charge is 0.222 e. The molecule has 4 rings (SSSR count). The highest BCUT2D eigenvalue weighted by atomic mass is 16.5. The Morgan fingerprint density at radius 3 is 2.81 bits per heavy atom. The molecule has 0 spiro atoms. The van der Waals surface area contributed by atoms with Crippen molar-refractivity contribution in [2.45, 2.75) is 19.4 Å². The Morgan fingerprint density at radius 2 is 2.11 bits per heavy atom. The highest BCUT2D eigenvalue weighted by Crippen LogP contribution is 2.32. The monoisotopic (exact) mass is 365 g/mol. The normalized spacial score (nSPS) is 14.1. The average Bonchev–Trinajstić information content (AvgIpc) is 3.39. The van der Waals surface area contributed by atoms with Gasteiger partial charge in [-0.15, -0.1) is 0 Å². The third-order valence-electron chi connectivity index (χ3n) is 5.00. The number of hydrogen-bond acceptors (Lipinski definition) is 4. The van der Waals surface area contributed by atoms with E-state index in [1.165, 1.54) is 0 Å². The first-order valence-electron chi connectivity index (χ1n) is 9.12. The second-order valence-corrected chi connectivity index (χ2v) is 6.71. The van der Waals surface area contributed by atoms with Gasteiger partial charge < -0.3 is 18.8 Å². The Hall–Kier alpha value is -3.09. The maximum absolute atomic E-state index is 11.9. The van der Waals surface area contributed by atoms with Crippen molar-refractivity contribution in [3.63, 3.8) is 0 Å². The molecule has 1 saturated heterocycles. The standard InChI is InChI=1S/C20H23N5O2/c1-23-10-8-21-20(23)19-18(15-5-3-6-16(13-15)27-2)22-14-25(19)12-11-24-9-4-7-17(24)26/h3,5-6,8,10,13-14H,4,7,9,11-12H2,1-2H3. The number of nitrogens with zero attached hydrogens (tertiary/aromatic N) is 5. The molecule has 3 aromatic rings. The Labute approximate surface area is 158 Å². The van der Waals surface area contributed by atoms with Crippen LogP contribution in [-0.2, 0) is 18.4 Å². The fraction of sp³-hybridized carbons (Fsp3) is 0.350. The molecule has 1 aliphatic heterocycles.